The number of hydrogen-bond donors (Lipinski definition) is 1. The number of carbonyl (C=O) groups is 1. The zero-order valence-electron chi connectivity index (χ0n) is 5.78. The van der Waals surface area contributed by atoms with Crippen molar-refractivity contribution >= 4 is 17.6 Å². The van der Waals surface area contributed by atoms with Crippen LogP contribution in [0.25, 0.3) is 0 Å². The normalized spacial score (nSPS) is 9.00. The molecule has 60 valence electrons. The monoisotopic (exact) mass is 182 g/mol. The standard InChI is InChI=1S/C7H3ClN2O2/c8-4-1-2-10-5(3-9)6(4)7(11)12/h1-2H,(H,11,12). The maximum absolute atomic E-state index is 10.5. The van der Waals surface area contributed by atoms with Crippen molar-refractivity contribution in [2.24, 2.45) is 0 Å². The van der Waals surface area contributed by atoms with Crippen LogP contribution in [-0.4, -0.2) is 16.1 Å². The third-order valence-corrected chi connectivity index (χ3v) is 1.53. The largest absolute Gasteiger partial charge is 0.478 e. The number of nitriles is 1. The van der Waals surface area contributed by atoms with Gasteiger partial charge >= 0.3 is 5.97 Å². The molecule has 1 rings (SSSR count). The number of halogens is 1. The summed E-state index contributed by atoms with van der Waals surface area (Å²) >= 11 is 5.53. The Kier molecular flexibility index (Phi) is 2.26. The van der Waals surface area contributed by atoms with Crippen LogP contribution < -0.4 is 0 Å². The second-order valence-electron chi connectivity index (χ2n) is 1.93. The summed E-state index contributed by atoms with van der Waals surface area (Å²) in [7, 11) is 0. The molecule has 0 amide bonds. The molecule has 12 heavy (non-hydrogen) atoms. The summed E-state index contributed by atoms with van der Waals surface area (Å²) in [5.74, 6) is -1.25. The third kappa shape index (κ3) is 1.36. The summed E-state index contributed by atoms with van der Waals surface area (Å²) in [5, 5.41) is 17.1. The van der Waals surface area contributed by atoms with Crippen LogP contribution in [-0.2, 0) is 0 Å². The molecule has 0 atom stereocenters. The molecule has 0 saturated heterocycles. The van der Waals surface area contributed by atoms with Gasteiger partial charge < -0.3 is 5.11 Å². The van der Waals surface area contributed by atoms with E-state index in [4.69, 9.17) is 22.0 Å². The van der Waals surface area contributed by atoms with Crippen molar-refractivity contribution in [1.29, 1.82) is 5.26 Å². The topological polar surface area (TPSA) is 74.0 Å². The maximum atomic E-state index is 10.5. The van der Waals surface area contributed by atoms with Crippen LogP contribution in [0.4, 0.5) is 0 Å². The van der Waals surface area contributed by atoms with Crippen molar-refractivity contribution in [3.63, 3.8) is 0 Å². The van der Waals surface area contributed by atoms with E-state index in [1.54, 1.807) is 6.07 Å². The molecule has 4 nitrogen and oxygen atoms in total. The van der Waals surface area contributed by atoms with E-state index in [0.717, 1.165) is 0 Å². The number of pyridine rings is 1. The fraction of sp³-hybridized carbons (Fsp3) is 0. The van der Waals surface area contributed by atoms with Crippen LogP contribution in [0.5, 0.6) is 0 Å². The van der Waals surface area contributed by atoms with Gasteiger partial charge in [-0.3, -0.25) is 0 Å². The Morgan fingerprint density at radius 1 is 1.75 bits per heavy atom. The highest BCUT2D eigenvalue weighted by Gasteiger charge is 2.14. The van der Waals surface area contributed by atoms with Gasteiger partial charge in [0.25, 0.3) is 0 Å². The maximum Gasteiger partial charge on any atom is 0.340 e. The zero-order valence-corrected chi connectivity index (χ0v) is 6.54. The quantitative estimate of drug-likeness (QED) is 0.711. The van der Waals surface area contributed by atoms with Crippen molar-refractivity contribution in [3.05, 3.63) is 28.5 Å². The molecule has 0 aromatic carbocycles. The Bertz CT molecular complexity index is 370. The predicted molar refractivity (Wildman–Crippen MR) is 40.9 cm³/mol. The first-order chi connectivity index (χ1) is 5.66. The highest BCUT2D eigenvalue weighted by Crippen LogP contribution is 2.16. The summed E-state index contributed by atoms with van der Waals surface area (Å²) in [6.07, 6.45) is 1.29. The van der Waals surface area contributed by atoms with Gasteiger partial charge in [-0.25, -0.2) is 9.78 Å². The summed E-state index contributed by atoms with van der Waals surface area (Å²) in [4.78, 5) is 14.1. The Morgan fingerprint density at radius 3 is 2.83 bits per heavy atom. The van der Waals surface area contributed by atoms with Gasteiger partial charge in [-0.15, -0.1) is 0 Å². The second kappa shape index (κ2) is 3.20. The smallest absolute Gasteiger partial charge is 0.340 e. The summed E-state index contributed by atoms with van der Waals surface area (Å²) in [6.45, 7) is 0. The molecular weight excluding hydrogens is 180 g/mol. The van der Waals surface area contributed by atoms with Crippen molar-refractivity contribution in [1.82, 2.24) is 4.98 Å². The Balaban J connectivity index is 3.42. The average Bonchev–Trinajstić information content (AvgIpc) is 2.03. The van der Waals surface area contributed by atoms with Crippen molar-refractivity contribution in [3.8, 4) is 6.07 Å². The van der Waals surface area contributed by atoms with Gasteiger partial charge in [-0.1, -0.05) is 11.6 Å². The average molecular weight is 183 g/mol. The molecule has 0 aliphatic carbocycles. The molecule has 5 heteroatoms. The number of nitrogens with zero attached hydrogens (tertiary/aromatic N) is 2. The van der Waals surface area contributed by atoms with E-state index < -0.39 is 5.97 Å². The third-order valence-electron chi connectivity index (χ3n) is 1.22. The molecule has 0 bridgehead atoms. The molecule has 0 aliphatic rings. The van der Waals surface area contributed by atoms with Gasteiger partial charge in [0.05, 0.1) is 5.02 Å². The van der Waals surface area contributed by atoms with Crippen molar-refractivity contribution in [2.75, 3.05) is 0 Å². The SMILES string of the molecule is N#Cc1nccc(Cl)c1C(=O)O. The minimum atomic E-state index is -1.25. The number of carboxylic acid groups (broad SMARTS) is 1. The molecular formula is C7H3ClN2O2. The first kappa shape index (κ1) is 8.50. The molecule has 1 aromatic rings. The fourth-order valence-corrected chi connectivity index (χ4v) is 0.953. The van der Waals surface area contributed by atoms with E-state index in [0.29, 0.717) is 0 Å². The van der Waals surface area contributed by atoms with Gasteiger partial charge in [-0.2, -0.15) is 5.26 Å². The van der Waals surface area contributed by atoms with E-state index in [2.05, 4.69) is 4.98 Å². The fourth-order valence-electron chi connectivity index (χ4n) is 0.726. The van der Waals surface area contributed by atoms with Crippen LogP contribution in [0.15, 0.2) is 12.3 Å². The molecule has 0 fully saturated rings. The van der Waals surface area contributed by atoms with E-state index >= 15 is 0 Å². The van der Waals surface area contributed by atoms with Crippen LogP contribution in [0.2, 0.25) is 5.02 Å². The van der Waals surface area contributed by atoms with Crippen LogP contribution >= 0.6 is 11.6 Å². The van der Waals surface area contributed by atoms with E-state index in [-0.39, 0.29) is 16.3 Å². The summed E-state index contributed by atoms with van der Waals surface area (Å²) < 4.78 is 0. The van der Waals surface area contributed by atoms with Crippen LogP contribution in [0.3, 0.4) is 0 Å². The number of hydrogen-bond acceptors (Lipinski definition) is 3. The Hall–Kier alpha value is -1.60. The van der Waals surface area contributed by atoms with Gasteiger partial charge in [0, 0.05) is 6.20 Å². The predicted octanol–water partition coefficient (Wildman–Crippen LogP) is 1.30. The molecule has 0 unspecified atom stereocenters. The second-order valence-corrected chi connectivity index (χ2v) is 2.34. The summed E-state index contributed by atoms with van der Waals surface area (Å²) in [6, 6.07) is 2.97. The van der Waals surface area contributed by atoms with E-state index in [1.807, 2.05) is 0 Å². The molecule has 0 aliphatic heterocycles. The van der Waals surface area contributed by atoms with E-state index in [9.17, 15) is 4.79 Å². The number of rotatable bonds is 1. The minimum Gasteiger partial charge on any atom is -0.478 e. The highest BCUT2D eigenvalue weighted by atomic mass is 35.5. The van der Waals surface area contributed by atoms with Crippen molar-refractivity contribution in [2.45, 2.75) is 0 Å². The molecule has 0 spiro atoms. The molecule has 1 aromatic heterocycles. The van der Waals surface area contributed by atoms with Gasteiger partial charge in [0.1, 0.15) is 11.6 Å². The van der Waals surface area contributed by atoms with E-state index in [1.165, 1.54) is 12.3 Å². The molecule has 1 heterocycles. The zero-order chi connectivity index (χ0) is 9.14. The minimum absolute atomic E-state index is 0.0223. The lowest BCUT2D eigenvalue weighted by atomic mass is 10.2. The van der Waals surface area contributed by atoms with Gasteiger partial charge in [0.15, 0.2) is 5.69 Å². The van der Waals surface area contributed by atoms with Crippen LogP contribution in [0.1, 0.15) is 16.1 Å². The van der Waals surface area contributed by atoms with Gasteiger partial charge in [0.2, 0.25) is 0 Å². The lowest BCUT2D eigenvalue weighted by Crippen LogP contribution is -2.02. The first-order valence-corrected chi connectivity index (χ1v) is 3.32. The van der Waals surface area contributed by atoms with Gasteiger partial charge in [-0.05, 0) is 6.07 Å². The Labute approximate surface area is 73.0 Å². The molecule has 0 saturated carbocycles. The lowest BCUT2D eigenvalue weighted by Gasteiger charge is -1.97. The molecule has 1 N–H and O–H groups in total. The highest BCUT2D eigenvalue weighted by molar-refractivity contribution is 6.33. The number of carboxylic acids is 1. The summed E-state index contributed by atoms with van der Waals surface area (Å²) in [5.41, 5.74) is -0.420. The van der Waals surface area contributed by atoms with Crippen LogP contribution in [0, 0.1) is 11.3 Å². The Morgan fingerprint density at radius 2 is 2.42 bits per heavy atom. The number of aromatic carboxylic acids is 1. The number of aromatic nitrogens is 1. The first-order valence-electron chi connectivity index (χ1n) is 2.94. The molecule has 0 radical (unpaired) electrons. The lowest BCUT2D eigenvalue weighted by molar-refractivity contribution is 0.0696. The van der Waals surface area contributed by atoms with Crippen molar-refractivity contribution < 1.29 is 9.90 Å².